The van der Waals surface area contributed by atoms with Crippen molar-refractivity contribution < 1.29 is 31.1 Å². The zero-order valence-corrected chi connectivity index (χ0v) is 10.3. The normalized spacial score (nSPS) is 13.9. The monoisotopic (exact) mass is 299 g/mol. The first kappa shape index (κ1) is 17.3. The molecule has 0 rings (SSSR count). The lowest BCUT2D eigenvalue weighted by atomic mass is 9.96. The van der Waals surface area contributed by atoms with Gasteiger partial charge in [0.15, 0.2) is 0 Å². The van der Waals surface area contributed by atoms with Crippen LogP contribution in [0.4, 0.5) is 26.3 Å². The topological polar surface area (TPSA) is 29.1 Å². The summed E-state index contributed by atoms with van der Waals surface area (Å²) >= 11 is 5.44. The van der Waals surface area contributed by atoms with Crippen molar-refractivity contribution in [2.75, 3.05) is 12.4 Å². The molecule has 0 aromatic rings. The number of halogens is 7. The molecule has 1 amide bonds. The van der Waals surface area contributed by atoms with Crippen molar-refractivity contribution in [2.45, 2.75) is 26.2 Å². The van der Waals surface area contributed by atoms with Crippen molar-refractivity contribution in [2.24, 2.45) is 11.3 Å². The van der Waals surface area contributed by atoms with Gasteiger partial charge in [0.05, 0.1) is 0 Å². The van der Waals surface area contributed by atoms with Gasteiger partial charge >= 0.3 is 12.4 Å². The standard InChI is InChI=1S/C9H12ClF6NO/c1-7(2,3-10)4-17-6(18)5(8(11,12)13)9(14,15)16/h5H,3-4H2,1-2H3,(H,17,18). The number of carbonyl (C=O) groups excluding carboxylic acids is 1. The molecule has 0 saturated carbocycles. The Kier molecular flexibility index (Phi) is 5.34. The van der Waals surface area contributed by atoms with Gasteiger partial charge in [0.1, 0.15) is 0 Å². The van der Waals surface area contributed by atoms with Crippen LogP contribution in [-0.2, 0) is 4.79 Å². The average molecular weight is 300 g/mol. The Morgan fingerprint density at radius 2 is 1.50 bits per heavy atom. The molecular formula is C9H12ClF6NO. The van der Waals surface area contributed by atoms with Gasteiger partial charge in [-0.05, 0) is 5.41 Å². The van der Waals surface area contributed by atoms with Crippen molar-refractivity contribution in [3.05, 3.63) is 0 Å². The number of nitrogens with one attached hydrogen (secondary N) is 1. The molecule has 0 bridgehead atoms. The molecular weight excluding hydrogens is 288 g/mol. The molecule has 0 aromatic carbocycles. The van der Waals surface area contributed by atoms with E-state index in [-0.39, 0.29) is 12.4 Å². The van der Waals surface area contributed by atoms with Crippen molar-refractivity contribution in [3.63, 3.8) is 0 Å². The maximum atomic E-state index is 12.2. The lowest BCUT2D eigenvalue weighted by Crippen LogP contribution is -2.49. The third kappa shape index (κ3) is 5.32. The second-order valence-electron chi connectivity index (χ2n) is 4.53. The number of amides is 1. The molecule has 0 spiro atoms. The van der Waals surface area contributed by atoms with E-state index < -0.39 is 29.6 Å². The van der Waals surface area contributed by atoms with Gasteiger partial charge in [-0.2, -0.15) is 26.3 Å². The number of alkyl halides is 7. The van der Waals surface area contributed by atoms with Gasteiger partial charge < -0.3 is 5.32 Å². The zero-order valence-electron chi connectivity index (χ0n) is 9.55. The van der Waals surface area contributed by atoms with Gasteiger partial charge in [-0.1, -0.05) is 13.8 Å². The van der Waals surface area contributed by atoms with Gasteiger partial charge in [-0.25, -0.2) is 0 Å². The molecule has 0 unspecified atom stereocenters. The zero-order chi connectivity index (χ0) is 14.8. The fourth-order valence-corrected chi connectivity index (χ4v) is 1.05. The minimum atomic E-state index is -5.67. The molecule has 18 heavy (non-hydrogen) atoms. The molecule has 0 saturated heterocycles. The van der Waals surface area contributed by atoms with Gasteiger partial charge in [-0.15, -0.1) is 11.6 Å². The van der Waals surface area contributed by atoms with Gasteiger partial charge in [0.25, 0.3) is 0 Å². The first-order valence-corrected chi connectivity index (χ1v) is 5.32. The number of hydrogen-bond acceptors (Lipinski definition) is 1. The predicted molar refractivity (Wildman–Crippen MR) is 53.1 cm³/mol. The Morgan fingerprint density at radius 1 is 1.11 bits per heavy atom. The predicted octanol–water partition coefficient (Wildman–Crippen LogP) is 3.11. The van der Waals surface area contributed by atoms with Gasteiger partial charge in [0, 0.05) is 12.4 Å². The van der Waals surface area contributed by atoms with Crippen molar-refractivity contribution in [1.82, 2.24) is 5.32 Å². The van der Waals surface area contributed by atoms with Crippen molar-refractivity contribution >= 4 is 17.5 Å². The Morgan fingerprint density at radius 3 is 1.78 bits per heavy atom. The quantitative estimate of drug-likeness (QED) is 0.627. The molecule has 0 radical (unpaired) electrons. The van der Waals surface area contributed by atoms with Crippen LogP contribution < -0.4 is 5.32 Å². The largest absolute Gasteiger partial charge is 0.409 e. The minimum absolute atomic E-state index is 0.0179. The van der Waals surface area contributed by atoms with E-state index in [4.69, 9.17) is 11.6 Å². The highest BCUT2D eigenvalue weighted by Gasteiger charge is 2.61. The van der Waals surface area contributed by atoms with Crippen LogP contribution in [0.3, 0.4) is 0 Å². The summed E-state index contributed by atoms with van der Waals surface area (Å²) < 4.78 is 73.0. The molecule has 2 nitrogen and oxygen atoms in total. The van der Waals surface area contributed by atoms with Crippen LogP contribution in [0.5, 0.6) is 0 Å². The summed E-state index contributed by atoms with van der Waals surface area (Å²) in [6.07, 6.45) is -11.3. The SMILES string of the molecule is CC(C)(CCl)CNC(=O)C(C(F)(F)F)C(F)(F)F. The van der Waals surface area contributed by atoms with Crippen LogP contribution >= 0.6 is 11.6 Å². The summed E-state index contributed by atoms with van der Waals surface area (Å²) in [5.74, 6) is -6.15. The highest BCUT2D eigenvalue weighted by Crippen LogP contribution is 2.39. The lowest BCUT2D eigenvalue weighted by Gasteiger charge is -2.26. The van der Waals surface area contributed by atoms with Crippen LogP contribution in [-0.4, -0.2) is 30.7 Å². The third-order valence-corrected chi connectivity index (χ3v) is 2.74. The van der Waals surface area contributed by atoms with Crippen LogP contribution in [0.25, 0.3) is 0 Å². The Balaban J connectivity index is 4.82. The Hall–Kier alpha value is -0.660. The molecule has 0 aliphatic rings. The number of rotatable bonds is 4. The van der Waals surface area contributed by atoms with Crippen LogP contribution in [0.15, 0.2) is 0 Å². The van der Waals surface area contributed by atoms with E-state index in [1.165, 1.54) is 13.8 Å². The summed E-state index contributed by atoms with van der Waals surface area (Å²) in [5.41, 5.74) is -0.793. The second kappa shape index (κ2) is 5.54. The first-order chi connectivity index (χ1) is 7.81. The van der Waals surface area contributed by atoms with Crippen molar-refractivity contribution in [1.29, 1.82) is 0 Å². The second-order valence-corrected chi connectivity index (χ2v) is 4.80. The highest BCUT2D eigenvalue weighted by atomic mass is 35.5. The maximum absolute atomic E-state index is 12.2. The lowest BCUT2D eigenvalue weighted by molar-refractivity contribution is -0.274. The van der Waals surface area contributed by atoms with E-state index >= 15 is 0 Å². The molecule has 9 heteroatoms. The molecule has 0 aliphatic heterocycles. The molecule has 0 aliphatic carbocycles. The smallest absolute Gasteiger partial charge is 0.355 e. The minimum Gasteiger partial charge on any atom is -0.355 e. The molecule has 0 atom stereocenters. The average Bonchev–Trinajstić information content (AvgIpc) is 2.10. The summed E-state index contributed by atoms with van der Waals surface area (Å²) in [6.45, 7) is 2.62. The van der Waals surface area contributed by atoms with Crippen molar-refractivity contribution in [3.8, 4) is 0 Å². The molecule has 0 heterocycles. The fraction of sp³-hybridized carbons (Fsp3) is 0.889. The van der Waals surface area contributed by atoms with Gasteiger partial charge in [-0.3, -0.25) is 4.79 Å². The molecule has 1 N–H and O–H groups in total. The van der Waals surface area contributed by atoms with E-state index in [0.717, 1.165) is 0 Å². The fourth-order valence-electron chi connectivity index (χ4n) is 0.959. The van der Waals surface area contributed by atoms with Crippen LogP contribution in [0.2, 0.25) is 0 Å². The maximum Gasteiger partial charge on any atom is 0.409 e. The summed E-state index contributed by atoms with van der Waals surface area (Å²) in [4.78, 5) is 11.0. The number of hydrogen-bond donors (Lipinski definition) is 1. The van der Waals surface area contributed by atoms with E-state index in [1.54, 1.807) is 5.32 Å². The van der Waals surface area contributed by atoms with E-state index in [0.29, 0.717) is 0 Å². The summed E-state index contributed by atoms with van der Waals surface area (Å²) in [7, 11) is 0. The van der Waals surface area contributed by atoms with Crippen LogP contribution in [0, 0.1) is 11.3 Å². The van der Waals surface area contributed by atoms with Crippen LogP contribution in [0.1, 0.15) is 13.8 Å². The molecule has 0 fully saturated rings. The van der Waals surface area contributed by atoms with Gasteiger partial charge in [0.2, 0.25) is 11.8 Å². The van der Waals surface area contributed by atoms with E-state index in [1.807, 2.05) is 0 Å². The summed E-state index contributed by atoms with van der Waals surface area (Å²) in [6, 6.07) is 0. The first-order valence-electron chi connectivity index (χ1n) is 4.78. The molecule has 0 aromatic heterocycles. The number of carbonyl (C=O) groups is 1. The summed E-state index contributed by atoms with van der Waals surface area (Å²) in [5, 5.41) is 1.62. The highest BCUT2D eigenvalue weighted by molar-refractivity contribution is 6.18. The van der Waals surface area contributed by atoms with E-state index in [2.05, 4.69) is 0 Å². The Bertz CT molecular complexity index is 284. The van der Waals surface area contributed by atoms with E-state index in [9.17, 15) is 31.1 Å². The Labute approximate surface area is 105 Å². The third-order valence-electron chi connectivity index (χ3n) is 2.02. The molecule has 108 valence electrons.